The van der Waals surface area contributed by atoms with Gasteiger partial charge in [-0.1, -0.05) is 24.3 Å². The van der Waals surface area contributed by atoms with Crippen LogP contribution in [0.3, 0.4) is 0 Å². The summed E-state index contributed by atoms with van der Waals surface area (Å²) in [4.78, 5) is 0. The molecule has 1 unspecified atom stereocenters. The summed E-state index contributed by atoms with van der Waals surface area (Å²) in [6.07, 6.45) is -4.43. The number of para-hydroxylation sites is 1. The molecule has 106 valence electrons. The van der Waals surface area contributed by atoms with Gasteiger partial charge in [0, 0.05) is 11.7 Å². The average molecular weight is 283 g/mol. The van der Waals surface area contributed by atoms with Crippen LogP contribution in [0.1, 0.15) is 24.1 Å². The van der Waals surface area contributed by atoms with Gasteiger partial charge in [0.05, 0.1) is 5.56 Å². The van der Waals surface area contributed by atoms with Gasteiger partial charge in [-0.2, -0.15) is 13.2 Å². The van der Waals surface area contributed by atoms with E-state index in [4.69, 9.17) is 0 Å². The molecular formula is C15H13F4N. The van der Waals surface area contributed by atoms with E-state index in [9.17, 15) is 17.6 Å². The van der Waals surface area contributed by atoms with Gasteiger partial charge in [-0.3, -0.25) is 0 Å². The Labute approximate surface area is 114 Å². The lowest BCUT2D eigenvalue weighted by Crippen LogP contribution is -2.13. The number of rotatable bonds is 3. The van der Waals surface area contributed by atoms with Gasteiger partial charge in [-0.25, -0.2) is 4.39 Å². The molecule has 1 nitrogen and oxygen atoms in total. The quantitative estimate of drug-likeness (QED) is 0.780. The van der Waals surface area contributed by atoms with Crippen LogP contribution in [0.5, 0.6) is 0 Å². The molecule has 0 saturated carbocycles. The first kappa shape index (κ1) is 14.4. The molecule has 0 heterocycles. The number of nitrogens with one attached hydrogen (secondary N) is 1. The van der Waals surface area contributed by atoms with Crippen molar-refractivity contribution >= 4 is 5.69 Å². The van der Waals surface area contributed by atoms with Crippen molar-refractivity contribution in [2.24, 2.45) is 0 Å². The lowest BCUT2D eigenvalue weighted by molar-refractivity contribution is -0.137. The van der Waals surface area contributed by atoms with Crippen molar-refractivity contribution in [3.8, 4) is 0 Å². The molecule has 0 saturated heterocycles. The van der Waals surface area contributed by atoms with Crippen molar-refractivity contribution in [1.82, 2.24) is 0 Å². The van der Waals surface area contributed by atoms with E-state index in [0.29, 0.717) is 5.56 Å². The maximum atomic E-state index is 13.1. The molecule has 0 bridgehead atoms. The Morgan fingerprint density at radius 3 is 2.35 bits per heavy atom. The minimum Gasteiger partial charge on any atom is -0.378 e. The predicted octanol–water partition coefficient (Wildman–Crippen LogP) is 5.02. The van der Waals surface area contributed by atoms with Crippen LogP contribution in [0, 0.1) is 5.82 Å². The molecule has 0 aliphatic heterocycles. The maximum Gasteiger partial charge on any atom is 0.418 e. The first-order valence-electron chi connectivity index (χ1n) is 6.06. The number of anilines is 1. The van der Waals surface area contributed by atoms with E-state index in [1.54, 1.807) is 13.0 Å². The topological polar surface area (TPSA) is 12.0 Å². The van der Waals surface area contributed by atoms with Crippen LogP contribution in [0.2, 0.25) is 0 Å². The highest BCUT2D eigenvalue weighted by molar-refractivity contribution is 5.54. The van der Waals surface area contributed by atoms with Crippen LogP contribution < -0.4 is 5.32 Å². The summed E-state index contributed by atoms with van der Waals surface area (Å²) in [6.45, 7) is 1.68. The first-order chi connectivity index (χ1) is 9.38. The Morgan fingerprint density at radius 2 is 1.70 bits per heavy atom. The van der Waals surface area contributed by atoms with Crippen LogP contribution in [-0.2, 0) is 6.18 Å². The van der Waals surface area contributed by atoms with Crippen molar-refractivity contribution in [3.63, 3.8) is 0 Å². The molecule has 0 aliphatic carbocycles. The largest absolute Gasteiger partial charge is 0.418 e. The zero-order valence-electron chi connectivity index (χ0n) is 10.7. The normalized spacial score (nSPS) is 13.1. The minimum absolute atomic E-state index is 0.0169. The van der Waals surface area contributed by atoms with E-state index >= 15 is 0 Å². The van der Waals surface area contributed by atoms with E-state index in [2.05, 4.69) is 5.32 Å². The molecule has 0 radical (unpaired) electrons. The van der Waals surface area contributed by atoms with Crippen LogP contribution in [0.25, 0.3) is 0 Å². The van der Waals surface area contributed by atoms with Crippen LogP contribution in [0.15, 0.2) is 48.5 Å². The number of hydrogen-bond donors (Lipinski definition) is 1. The average Bonchev–Trinajstić information content (AvgIpc) is 2.38. The van der Waals surface area contributed by atoms with Gasteiger partial charge in [0.1, 0.15) is 5.82 Å². The fraction of sp³-hybridized carbons (Fsp3) is 0.200. The first-order valence-corrected chi connectivity index (χ1v) is 6.06. The third-order valence-corrected chi connectivity index (χ3v) is 2.95. The summed E-state index contributed by atoms with van der Waals surface area (Å²) < 4.78 is 51.7. The molecule has 2 aromatic carbocycles. The molecule has 1 N–H and O–H groups in total. The molecule has 0 aromatic heterocycles. The maximum absolute atomic E-state index is 13.1. The Kier molecular flexibility index (Phi) is 3.97. The number of halogens is 4. The minimum atomic E-state index is -4.43. The van der Waals surface area contributed by atoms with E-state index in [1.165, 1.54) is 36.4 Å². The second kappa shape index (κ2) is 5.53. The van der Waals surface area contributed by atoms with Crippen molar-refractivity contribution < 1.29 is 17.6 Å². The van der Waals surface area contributed by atoms with Crippen molar-refractivity contribution in [2.75, 3.05) is 5.32 Å². The monoisotopic (exact) mass is 283 g/mol. The van der Waals surface area contributed by atoms with Crippen molar-refractivity contribution in [1.29, 1.82) is 0 Å². The second-order valence-electron chi connectivity index (χ2n) is 4.46. The highest BCUT2D eigenvalue weighted by atomic mass is 19.4. The number of alkyl halides is 3. The van der Waals surface area contributed by atoms with Gasteiger partial charge < -0.3 is 5.32 Å². The molecule has 2 rings (SSSR count). The van der Waals surface area contributed by atoms with Crippen molar-refractivity contribution in [2.45, 2.75) is 19.1 Å². The van der Waals surface area contributed by atoms with Crippen LogP contribution in [0.4, 0.5) is 23.2 Å². The fourth-order valence-corrected chi connectivity index (χ4v) is 1.95. The molecule has 2 aromatic rings. The summed E-state index contributed by atoms with van der Waals surface area (Å²) in [6, 6.07) is 10.6. The molecule has 20 heavy (non-hydrogen) atoms. The standard InChI is InChI=1S/C15H13F4N/c1-10(11-5-4-6-12(16)9-11)20-14-8-3-2-7-13(14)15(17,18)19/h2-10,20H,1H3. The van der Waals surface area contributed by atoms with Gasteiger partial charge in [0.2, 0.25) is 0 Å². The molecule has 5 heteroatoms. The van der Waals surface area contributed by atoms with Crippen LogP contribution in [-0.4, -0.2) is 0 Å². The van der Waals surface area contributed by atoms with Crippen LogP contribution >= 0.6 is 0 Å². The third-order valence-electron chi connectivity index (χ3n) is 2.95. The van der Waals surface area contributed by atoms with E-state index in [-0.39, 0.29) is 5.69 Å². The summed E-state index contributed by atoms with van der Waals surface area (Å²) in [5, 5.41) is 2.77. The zero-order chi connectivity index (χ0) is 14.8. The fourth-order valence-electron chi connectivity index (χ4n) is 1.95. The van der Waals surface area contributed by atoms with Gasteiger partial charge in [-0.15, -0.1) is 0 Å². The molecular weight excluding hydrogens is 270 g/mol. The Balaban J connectivity index is 2.26. The Morgan fingerprint density at radius 1 is 1.00 bits per heavy atom. The third kappa shape index (κ3) is 3.29. The second-order valence-corrected chi connectivity index (χ2v) is 4.46. The van der Waals surface area contributed by atoms with Gasteiger partial charge in [-0.05, 0) is 36.8 Å². The van der Waals surface area contributed by atoms with E-state index in [0.717, 1.165) is 6.07 Å². The smallest absolute Gasteiger partial charge is 0.378 e. The van der Waals surface area contributed by atoms with E-state index < -0.39 is 23.6 Å². The highest BCUT2D eigenvalue weighted by Crippen LogP contribution is 2.35. The lowest BCUT2D eigenvalue weighted by Gasteiger charge is -2.19. The lowest BCUT2D eigenvalue weighted by atomic mass is 10.1. The molecule has 0 fully saturated rings. The summed E-state index contributed by atoms with van der Waals surface area (Å²) in [7, 11) is 0. The van der Waals surface area contributed by atoms with E-state index in [1.807, 2.05) is 0 Å². The SMILES string of the molecule is CC(Nc1ccccc1C(F)(F)F)c1cccc(F)c1. The van der Waals surface area contributed by atoms with Gasteiger partial charge in [0.25, 0.3) is 0 Å². The summed E-state index contributed by atoms with van der Waals surface area (Å²) in [5.41, 5.74) is -0.165. The Bertz CT molecular complexity index is 592. The molecule has 0 spiro atoms. The molecule has 1 atom stereocenters. The van der Waals surface area contributed by atoms with Gasteiger partial charge in [0.15, 0.2) is 0 Å². The zero-order valence-corrected chi connectivity index (χ0v) is 10.7. The molecule has 0 amide bonds. The number of hydrogen-bond acceptors (Lipinski definition) is 1. The predicted molar refractivity (Wildman–Crippen MR) is 69.9 cm³/mol. The molecule has 0 aliphatic rings. The summed E-state index contributed by atoms with van der Waals surface area (Å²) in [5.74, 6) is -0.416. The number of benzene rings is 2. The Hall–Kier alpha value is -2.04. The summed E-state index contributed by atoms with van der Waals surface area (Å²) >= 11 is 0. The van der Waals surface area contributed by atoms with Gasteiger partial charge >= 0.3 is 6.18 Å². The highest BCUT2D eigenvalue weighted by Gasteiger charge is 2.33. The van der Waals surface area contributed by atoms with Crippen molar-refractivity contribution in [3.05, 3.63) is 65.5 Å².